The van der Waals surface area contributed by atoms with E-state index < -0.39 is 12.0 Å². The van der Waals surface area contributed by atoms with Gasteiger partial charge in [-0.25, -0.2) is 0 Å². The van der Waals surface area contributed by atoms with E-state index in [1.807, 2.05) is 6.07 Å². The van der Waals surface area contributed by atoms with Crippen LogP contribution in [0.25, 0.3) is 0 Å². The number of fused-ring (bicyclic) bond motifs is 1. The number of carboxylic acids is 1. The molecule has 1 aromatic carbocycles. The van der Waals surface area contributed by atoms with Crippen LogP contribution in [-0.2, 0) is 9.59 Å². The molecule has 5 rings (SSSR count). The van der Waals surface area contributed by atoms with Gasteiger partial charge in [0.25, 0.3) is 5.91 Å². The Hall–Kier alpha value is -3.60. The molecule has 3 aliphatic rings. The molecule has 0 bridgehead atoms. The highest BCUT2D eigenvalue weighted by atomic mass is 32.1. The SMILES string of the molecule is O=C(O)C[C@@H](NC(=O)c1ccc([C@H]2CC2C(=O)NC2=NCCCN2)s1)c1ccc2c(c1)OCO2. The van der Waals surface area contributed by atoms with Crippen LogP contribution in [0.15, 0.2) is 35.3 Å². The van der Waals surface area contributed by atoms with Crippen molar-refractivity contribution in [2.45, 2.75) is 31.2 Å². The van der Waals surface area contributed by atoms with Gasteiger partial charge in [-0.15, -0.1) is 11.3 Å². The predicted octanol–water partition coefficient (Wildman–Crippen LogP) is 1.99. The molecule has 1 aliphatic carbocycles. The molecule has 1 fully saturated rings. The van der Waals surface area contributed by atoms with Crippen molar-refractivity contribution in [3.8, 4) is 11.5 Å². The van der Waals surface area contributed by atoms with Gasteiger partial charge in [-0.2, -0.15) is 0 Å². The highest BCUT2D eigenvalue weighted by Crippen LogP contribution is 2.49. The molecule has 11 heteroatoms. The molecular formula is C23H24N4O6S. The number of thiophene rings is 1. The Morgan fingerprint density at radius 1 is 1.21 bits per heavy atom. The third kappa shape index (κ3) is 4.84. The number of nitrogens with one attached hydrogen (secondary N) is 3. The maximum absolute atomic E-state index is 12.9. The minimum atomic E-state index is -1.03. The van der Waals surface area contributed by atoms with E-state index in [0.29, 0.717) is 34.4 Å². The minimum absolute atomic E-state index is 0.0677. The highest BCUT2D eigenvalue weighted by molar-refractivity contribution is 7.14. The molecule has 3 atom stereocenters. The average Bonchev–Trinajstić information content (AvgIpc) is 3.24. The van der Waals surface area contributed by atoms with Gasteiger partial charge >= 0.3 is 5.97 Å². The maximum atomic E-state index is 12.9. The zero-order chi connectivity index (χ0) is 23.7. The summed E-state index contributed by atoms with van der Waals surface area (Å²) in [6.07, 6.45) is 1.40. The predicted molar refractivity (Wildman–Crippen MR) is 123 cm³/mol. The maximum Gasteiger partial charge on any atom is 0.305 e. The molecule has 1 unspecified atom stereocenters. The number of hydrogen-bond donors (Lipinski definition) is 4. The van der Waals surface area contributed by atoms with E-state index in [1.165, 1.54) is 11.3 Å². The van der Waals surface area contributed by atoms with E-state index in [9.17, 15) is 19.5 Å². The summed E-state index contributed by atoms with van der Waals surface area (Å²) in [4.78, 5) is 42.5. The van der Waals surface area contributed by atoms with Crippen molar-refractivity contribution in [3.05, 3.63) is 45.6 Å². The summed E-state index contributed by atoms with van der Waals surface area (Å²) in [5, 5.41) is 18.1. The molecule has 4 N–H and O–H groups in total. The van der Waals surface area contributed by atoms with Gasteiger partial charge in [0, 0.05) is 29.8 Å². The molecule has 34 heavy (non-hydrogen) atoms. The number of rotatable bonds is 7. The van der Waals surface area contributed by atoms with E-state index in [-0.39, 0.29) is 36.9 Å². The zero-order valence-corrected chi connectivity index (χ0v) is 19.0. The number of aliphatic imine (C=N–C) groups is 1. The van der Waals surface area contributed by atoms with Crippen LogP contribution in [-0.4, -0.2) is 48.7 Å². The molecule has 2 aliphatic heterocycles. The summed E-state index contributed by atoms with van der Waals surface area (Å²) >= 11 is 1.32. The Morgan fingerprint density at radius 3 is 2.85 bits per heavy atom. The second-order valence-electron chi connectivity index (χ2n) is 8.39. The molecule has 2 amide bonds. The lowest BCUT2D eigenvalue weighted by molar-refractivity contribution is -0.137. The summed E-state index contributed by atoms with van der Waals surface area (Å²) in [5.74, 6) is 0.104. The minimum Gasteiger partial charge on any atom is -0.481 e. The van der Waals surface area contributed by atoms with Crippen molar-refractivity contribution in [2.24, 2.45) is 10.9 Å². The van der Waals surface area contributed by atoms with Crippen molar-refractivity contribution in [1.29, 1.82) is 0 Å². The number of hydrogen-bond acceptors (Lipinski definition) is 8. The summed E-state index contributed by atoms with van der Waals surface area (Å²) in [7, 11) is 0. The van der Waals surface area contributed by atoms with Crippen LogP contribution in [0.2, 0.25) is 0 Å². The van der Waals surface area contributed by atoms with Crippen LogP contribution < -0.4 is 25.4 Å². The van der Waals surface area contributed by atoms with E-state index in [0.717, 1.165) is 24.3 Å². The molecule has 2 aromatic rings. The number of aliphatic carboxylic acids is 1. The van der Waals surface area contributed by atoms with E-state index >= 15 is 0 Å². The van der Waals surface area contributed by atoms with Crippen LogP contribution in [0.4, 0.5) is 0 Å². The van der Waals surface area contributed by atoms with Crippen molar-refractivity contribution < 1.29 is 29.0 Å². The van der Waals surface area contributed by atoms with Crippen molar-refractivity contribution >= 4 is 35.1 Å². The fraction of sp³-hybridized carbons (Fsp3) is 0.391. The molecule has 1 saturated carbocycles. The van der Waals surface area contributed by atoms with Gasteiger partial charge in [0.15, 0.2) is 17.5 Å². The Balaban J connectivity index is 1.22. The number of carboxylic acid groups (broad SMARTS) is 1. The van der Waals surface area contributed by atoms with E-state index in [2.05, 4.69) is 20.9 Å². The largest absolute Gasteiger partial charge is 0.481 e. The Morgan fingerprint density at radius 2 is 2.06 bits per heavy atom. The van der Waals surface area contributed by atoms with Gasteiger partial charge < -0.3 is 25.2 Å². The van der Waals surface area contributed by atoms with Gasteiger partial charge in [-0.1, -0.05) is 6.07 Å². The number of nitrogens with zero attached hydrogens (tertiary/aromatic N) is 1. The molecule has 1 aromatic heterocycles. The zero-order valence-electron chi connectivity index (χ0n) is 18.2. The molecular weight excluding hydrogens is 460 g/mol. The van der Waals surface area contributed by atoms with Crippen LogP contribution in [0.3, 0.4) is 0 Å². The number of benzene rings is 1. The first-order valence-electron chi connectivity index (χ1n) is 11.1. The standard InChI is InChI=1S/C23H24N4O6S/c28-20(29)10-15(12-2-3-16-17(8-12)33-11-32-16)26-22(31)19-5-4-18(34-19)13-9-14(13)21(30)27-23-24-6-1-7-25-23/h2-5,8,13-15H,1,6-7,9-11H2,(H,26,31)(H,28,29)(H2,24,25,27,30)/t13-,14?,15+/m0/s1. The number of guanidine groups is 1. The first kappa shape index (κ1) is 22.2. The van der Waals surface area contributed by atoms with E-state index in [4.69, 9.17) is 9.47 Å². The van der Waals surface area contributed by atoms with Crippen LogP contribution >= 0.6 is 11.3 Å². The second kappa shape index (κ2) is 9.34. The molecule has 10 nitrogen and oxygen atoms in total. The molecule has 0 spiro atoms. The van der Waals surface area contributed by atoms with Gasteiger partial charge in [-0.05, 0) is 42.7 Å². The fourth-order valence-corrected chi connectivity index (χ4v) is 5.17. The lowest BCUT2D eigenvalue weighted by atomic mass is 10.0. The molecule has 3 heterocycles. The Bertz CT molecular complexity index is 1160. The van der Waals surface area contributed by atoms with Gasteiger partial charge in [0.05, 0.1) is 17.3 Å². The third-order valence-corrected chi connectivity index (χ3v) is 7.18. The molecule has 0 radical (unpaired) electrons. The number of carbonyl (C=O) groups is 3. The summed E-state index contributed by atoms with van der Waals surface area (Å²) in [6, 6.07) is 7.96. The lowest BCUT2D eigenvalue weighted by Gasteiger charge is -2.17. The molecule has 0 saturated heterocycles. The normalized spacial score (nSPS) is 21.1. The van der Waals surface area contributed by atoms with Gasteiger partial charge in [0.1, 0.15) is 0 Å². The van der Waals surface area contributed by atoms with Crippen molar-refractivity contribution in [3.63, 3.8) is 0 Å². The number of carbonyl (C=O) groups excluding carboxylic acids is 2. The van der Waals surface area contributed by atoms with Gasteiger partial charge in [0.2, 0.25) is 12.7 Å². The average molecular weight is 485 g/mol. The number of amides is 2. The monoisotopic (exact) mass is 484 g/mol. The smallest absolute Gasteiger partial charge is 0.305 e. The third-order valence-electron chi connectivity index (χ3n) is 5.97. The summed E-state index contributed by atoms with van der Waals surface area (Å²) in [5.41, 5.74) is 0.620. The highest BCUT2D eigenvalue weighted by Gasteiger charge is 2.45. The fourth-order valence-electron chi connectivity index (χ4n) is 4.09. The van der Waals surface area contributed by atoms with E-state index in [1.54, 1.807) is 24.3 Å². The van der Waals surface area contributed by atoms with Crippen molar-refractivity contribution in [1.82, 2.24) is 16.0 Å². The first-order valence-corrected chi connectivity index (χ1v) is 11.9. The van der Waals surface area contributed by atoms with Gasteiger partial charge in [-0.3, -0.25) is 24.7 Å². The van der Waals surface area contributed by atoms with Crippen molar-refractivity contribution in [2.75, 3.05) is 19.9 Å². The lowest BCUT2D eigenvalue weighted by Crippen LogP contribution is -2.44. The Labute approximate surface area is 199 Å². The number of ether oxygens (including phenoxy) is 2. The van der Waals surface area contributed by atoms with Crippen LogP contribution in [0, 0.1) is 5.92 Å². The first-order chi connectivity index (χ1) is 16.5. The topological polar surface area (TPSA) is 138 Å². The quantitative estimate of drug-likeness (QED) is 0.471. The summed E-state index contributed by atoms with van der Waals surface area (Å²) in [6.45, 7) is 1.61. The van der Waals surface area contributed by atoms with Crippen LogP contribution in [0.1, 0.15) is 51.3 Å². The second-order valence-corrected chi connectivity index (χ2v) is 9.50. The van der Waals surface area contributed by atoms with Crippen LogP contribution in [0.5, 0.6) is 11.5 Å². The summed E-state index contributed by atoms with van der Waals surface area (Å²) < 4.78 is 10.7. The Kier molecular flexibility index (Phi) is 6.10. The molecule has 178 valence electrons.